The van der Waals surface area contributed by atoms with Crippen LogP contribution in [-0.2, 0) is 13.0 Å². The minimum atomic E-state index is 0.0117. The summed E-state index contributed by atoms with van der Waals surface area (Å²) in [6, 6.07) is 11.0. The Hall–Kier alpha value is -3.51. The van der Waals surface area contributed by atoms with Crippen LogP contribution in [-0.4, -0.2) is 38.8 Å². The average molecular weight is 452 g/mol. The number of H-pyrrole nitrogens is 1. The first-order chi connectivity index (χ1) is 16.6. The molecule has 1 atom stereocenters. The van der Waals surface area contributed by atoms with Crippen molar-refractivity contribution < 1.29 is 4.79 Å². The van der Waals surface area contributed by atoms with E-state index in [0.29, 0.717) is 24.8 Å². The first-order valence-corrected chi connectivity index (χ1v) is 12.1. The maximum Gasteiger partial charge on any atom is 0.272 e. The Balaban J connectivity index is 1.39. The molecule has 6 nitrogen and oxygen atoms in total. The summed E-state index contributed by atoms with van der Waals surface area (Å²) in [6.07, 6.45) is 8.89. The van der Waals surface area contributed by atoms with Crippen molar-refractivity contribution in [1.29, 1.82) is 0 Å². The zero-order chi connectivity index (χ0) is 23.2. The molecule has 1 aromatic carbocycles. The van der Waals surface area contributed by atoms with E-state index < -0.39 is 0 Å². The number of aromatic amines is 1. The number of amides is 1. The first-order valence-electron chi connectivity index (χ1n) is 12.1. The van der Waals surface area contributed by atoms with E-state index in [4.69, 9.17) is 0 Å². The maximum absolute atomic E-state index is 13.2. The molecule has 6 heteroatoms. The van der Waals surface area contributed by atoms with Crippen molar-refractivity contribution in [3.05, 3.63) is 82.4 Å². The number of nitrogens with zero attached hydrogens (tertiary/aromatic N) is 3. The highest BCUT2D eigenvalue weighted by Gasteiger charge is 2.28. The van der Waals surface area contributed by atoms with E-state index in [1.54, 1.807) is 6.20 Å². The quantitative estimate of drug-likeness (QED) is 0.466. The molecule has 4 aromatic rings. The Labute approximate surface area is 199 Å². The van der Waals surface area contributed by atoms with Crippen LogP contribution in [0.15, 0.2) is 48.9 Å². The lowest BCUT2D eigenvalue weighted by molar-refractivity contribution is 0.0728. The van der Waals surface area contributed by atoms with Crippen LogP contribution in [0.25, 0.3) is 22.2 Å². The summed E-state index contributed by atoms with van der Waals surface area (Å²) in [6.45, 7) is 6.47. The summed E-state index contributed by atoms with van der Waals surface area (Å²) in [5, 5.41) is 4.85. The molecular formula is C28H29N5O. The maximum atomic E-state index is 13.2. The van der Waals surface area contributed by atoms with E-state index >= 15 is 0 Å². The van der Waals surface area contributed by atoms with E-state index in [1.165, 1.54) is 34.2 Å². The van der Waals surface area contributed by atoms with Crippen LogP contribution in [0.5, 0.6) is 0 Å². The molecule has 1 amide bonds. The number of nitrogens with one attached hydrogen (secondary N) is 2. The van der Waals surface area contributed by atoms with Crippen LogP contribution in [0, 0.1) is 13.8 Å². The van der Waals surface area contributed by atoms with Gasteiger partial charge in [0.05, 0.1) is 0 Å². The molecule has 2 aliphatic heterocycles. The molecule has 5 heterocycles. The normalized spacial score (nSPS) is 17.8. The number of carbonyl (C=O) groups is 1. The van der Waals surface area contributed by atoms with E-state index in [1.807, 2.05) is 36.4 Å². The molecule has 1 fully saturated rings. The Morgan fingerprint density at radius 3 is 2.79 bits per heavy atom. The molecule has 1 saturated heterocycles. The third-order valence-corrected chi connectivity index (χ3v) is 7.30. The van der Waals surface area contributed by atoms with E-state index in [2.05, 4.69) is 45.4 Å². The van der Waals surface area contributed by atoms with Gasteiger partial charge in [0.2, 0.25) is 0 Å². The molecule has 0 radical (unpaired) electrons. The lowest BCUT2D eigenvalue weighted by atomic mass is 9.87. The SMILES string of the molecule is Cc1ccc(C(=O)N2CCc3cc(-c4cnc5[nH]cc(C)c5c4)cc(C4CCCN4)c3C2)nc1. The van der Waals surface area contributed by atoms with Gasteiger partial charge in [0.1, 0.15) is 11.3 Å². The van der Waals surface area contributed by atoms with Crippen LogP contribution < -0.4 is 5.32 Å². The molecule has 0 spiro atoms. The Bertz CT molecular complexity index is 1380. The molecule has 0 saturated carbocycles. The monoisotopic (exact) mass is 451 g/mol. The predicted octanol–water partition coefficient (Wildman–Crippen LogP) is 4.86. The molecule has 6 rings (SSSR count). The predicted molar refractivity (Wildman–Crippen MR) is 134 cm³/mol. The number of aromatic nitrogens is 3. The van der Waals surface area contributed by atoms with Gasteiger partial charge in [-0.15, -0.1) is 0 Å². The van der Waals surface area contributed by atoms with Gasteiger partial charge >= 0.3 is 0 Å². The highest BCUT2D eigenvalue weighted by molar-refractivity contribution is 5.92. The van der Waals surface area contributed by atoms with E-state index in [9.17, 15) is 4.79 Å². The molecule has 2 aliphatic rings. The fourth-order valence-electron chi connectivity index (χ4n) is 5.35. The number of hydrogen-bond donors (Lipinski definition) is 2. The van der Waals surface area contributed by atoms with Crippen LogP contribution in [0.1, 0.15) is 57.2 Å². The zero-order valence-electron chi connectivity index (χ0n) is 19.7. The number of hydrogen-bond acceptors (Lipinski definition) is 4. The second-order valence-corrected chi connectivity index (χ2v) is 9.64. The Morgan fingerprint density at radius 2 is 2.00 bits per heavy atom. The zero-order valence-corrected chi connectivity index (χ0v) is 19.7. The highest BCUT2D eigenvalue weighted by atomic mass is 16.2. The third kappa shape index (κ3) is 3.68. The molecule has 34 heavy (non-hydrogen) atoms. The number of carbonyl (C=O) groups excluding carboxylic acids is 1. The van der Waals surface area contributed by atoms with Gasteiger partial charge in [-0.2, -0.15) is 0 Å². The second kappa shape index (κ2) is 8.37. The summed E-state index contributed by atoms with van der Waals surface area (Å²) in [5.74, 6) is 0.0117. The smallest absolute Gasteiger partial charge is 0.272 e. The van der Waals surface area contributed by atoms with Gasteiger partial charge in [0.15, 0.2) is 0 Å². The standard InChI is InChI=1S/C28H29N5O/c1-17-5-6-26(30-13-17)28(34)33-9-7-19-10-20(11-23(24(19)16-33)25-4-3-8-29-25)21-12-22-18(2)14-31-27(22)32-15-21/h5-6,10-15,25,29H,3-4,7-9,16H2,1-2H3,(H,31,32). The molecular weight excluding hydrogens is 422 g/mol. The van der Waals surface area contributed by atoms with Gasteiger partial charge < -0.3 is 15.2 Å². The lowest BCUT2D eigenvalue weighted by Gasteiger charge is -2.32. The van der Waals surface area contributed by atoms with Gasteiger partial charge in [-0.25, -0.2) is 4.98 Å². The molecule has 172 valence electrons. The van der Waals surface area contributed by atoms with Gasteiger partial charge in [0.25, 0.3) is 5.91 Å². The third-order valence-electron chi connectivity index (χ3n) is 7.30. The van der Waals surface area contributed by atoms with Crippen LogP contribution in [0.4, 0.5) is 0 Å². The summed E-state index contributed by atoms with van der Waals surface area (Å²) in [5.41, 5.74) is 10.0. The fraction of sp³-hybridized carbons (Fsp3) is 0.321. The van der Waals surface area contributed by atoms with Gasteiger partial charge in [0, 0.05) is 48.7 Å². The Kier molecular flexibility index (Phi) is 5.18. The van der Waals surface area contributed by atoms with Crippen molar-refractivity contribution in [2.45, 2.75) is 45.7 Å². The molecule has 3 aromatic heterocycles. The Morgan fingerprint density at radius 1 is 1.09 bits per heavy atom. The molecule has 0 aliphatic carbocycles. The summed E-state index contributed by atoms with van der Waals surface area (Å²) in [7, 11) is 0. The van der Waals surface area contributed by atoms with Crippen molar-refractivity contribution in [3.8, 4) is 11.1 Å². The lowest BCUT2D eigenvalue weighted by Crippen LogP contribution is -2.37. The van der Waals surface area contributed by atoms with Crippen molar-refractivity contribution in [3.63, 3.8) is 0 Å². The number of pyridine rings is 2. The van der Waals surface area contributed by atoms with Crippen LogP contribution in [0.3, 0.4) is 0 Å². The molecule has 0 bridgehead atoms. The van der Waals surface area contributed by atoms with Crippen LogP contribution >= 0.6 is 0 Å². The minimum Gasteiger partial charge on any atom is -0.346 e. The molecule has 2 N–H and O–H groups in total. The fourth-order valence-corrected chi connectivity index (χ4v) is 5.35. The summed E-state index contributed by atoms with van der Waals surface area (Å²) >= 11 is 0. The number of aryl methyl sites for hydroxylation is 2. The van der Waals surface area contributed by atoms with E-state index in [-0.39, 0.29) is 5.91 Å². The van der Waals surface area contributed by atoms with Gasteiger partial charge in [-0.1, -0.05) is 12.1 Å². The van der Waals surface area contributed by atoms with Gasteiger partial charge in [-0.3, -0.25) is 9.78 Å². The number of rotatable bonds is 3. The topological polar surface area (TPSA) is 73.9 Å². The first kappa shape index (κ1) is 21.1. The summed E-state index contributed by atoms with van der Waals surface area (Å²) in [4.78, 5) is 27.4. The van der Waals surface area contributed by atoms with Crippen molar-refractivity contribution >= 4 is 16.9 Å². The van der Waals surface area contributed by atoms with Gasteiger partial charge in [-0.05, 0) is 91.2 Å². The minimum absolute atomic E-state index is 0.0117. The van der Waals surface area contributed by atoms with Crippen LogP contribution in [0.2, 0.25) is 0 Å². The van der Waals surface area contributed by atoms with Crippen molar-refractivity contribution in [2.75, 3.05) is 13.1 Å². The highest BCUT2D eigenvalue weighted by Crippen LogP contribution is 2.36. The molecule has 1 unspecified atom stereocenters. The van der Waals surface area contributed by atoms with E-state index in [0.717, 1.165) is 41.5 Å². The number of benzene rings is 1. The summed E-state index contributed by atoms with van der Waals surface area (Å²) < 4.78 is 0. The van der Waals surface area contributed by atoms with Crippen molar-refractivity contribution in [1.82, 2.24) is 25.2 Å². The number of fused-ring (bicyclic) bond motifs is 2. The average Bonchev–Trinajstić information content (AvgIpc) is 3.53. The second-order valence-electron chi connectivity index (χ2n) is 9.64. The largest absolute Gasteiger partial charge is 0.346 e. The van der Waals surface area contributed by atoms with Crippen molar-refractivity contribution in [2.24, 2.45) is 0 Å².